The lowest BCUT2D eigenvalue weighted by molar-refractivity contribution is 0.559. The van der Waals surface area contributed by atoms with Gasteiger partial charge in [-0.15, -0.1) is 35.3 Å². The molecule has 1 aliphatic rings. The Kier molecular flexibility index (Phi) is 7.18. The van der Waals surface area contributed by atoms with Crippen molar-refractivity contribution in [1.82, 2.24) is 15.6 Å². The lowest BCUT2D eigenvalue weighted by Gasteiger charge is -2.19. The predicted molar refractivity (Wildman–Crippen MR) is 112 cm³/mol. The molecule has 0 saturated heterocycles. The van der Waals surface area contributed by atoms with Gasteiger partial charge in [-0.3, -0.25) is 0 Å². The highest BCUT2D eigenvalue weighted by Gasteiger charge is 2.45. The van der Waals surface area contributed by atoms with Crippen molar-refractivity contribution in [3.8, 4) is 0 Å². The Hall–Kier alpha value is -1.22. The van der Waals surface area contributed by atoms with Crippen molar-refractivity contribution in [1.29, 1.82) is 0 Å². The van der Waals surface area contributed by atoms with Gasteiger partial charge in [-0.2, -0.15) is 0 Å². The molecule has 4 nitrogen and oxygen atoms in total. The van der Waals surface area contributed by atoms with Crippen LogP contribution in [0.3, 0.4) is 0 Å². The van der Waals surface area contributed by atoms with Gasteiger partial charge in [-0.25, -0.2) is 14.4 Å². The minimum atomic E-state index is -0.112. The van der Waals surface area contributed by atoms with Crippen LogP contribution < -0.4 is 10.6 Å². The second kappa shape index (κ2) is 8.93. The van der Waals surface area contributed by atoms with E-state index in [1.54, 1.807) is 23.5 Å². The second-order valence-corrected chi connectivity index (χ2v) is 7.11. The predicted octanol–water partition coefficient (Wildman–Crippen LogP) is 4.00. The van der Waals surface area contributed by atoms with Gasteiger partial charge in [-0.1, -0.05) is 18.2 Å². The highest BCUT2D eigenvalue weighted by Crippen LogP contribution is 2.48. The third-order valence-corrected chi connectivity index (χ3v) is 5.38. The van der Waals surface area contributed by atoms with Gasteiger partial charge in [0.05, 0.1) is 17.7 Å². The Bertz CT molecular complexity index is 727. The van der Waals surface area contributed by atoms with Crippen molar-refractivity contribution in [2.75, 3.05) is 13.1 Å². The number of hydrogen-bond acceptors (Lipinski definition) is 3. The molecule has 1 aromatic carbocycles. The number of hydrogen-bond donors (Lipinski definition) is 2. The molecule has 136 valence electrons. The number of thiazole rings is 1. The normalized spacial score (nSPS) is 15.4. The molecule has 1 fully saturated rings. The van der Waals surface area contributed by atoms with Crippen LogP contribution in [-0.2, 0) is 12.0 Å². The topological polar surface area (TPSA) is 49.3 Å². The summed E-state index contributed by atoms with van der Waals surface area (Å²) in [5.41, 5.74) is 3.59. The third kappa shape index (κ3) is 4.91. The van der Waals surface area contributed by atoms with Gasteiger partial charge in [-0.05, 0) is 38.3 Å². The molecular formula is C18H24FIN4S. The summed E-state index contributed by atoms with van der Waals surface area (Å²) in [6, 6.07) is 7.09. The van der Waals surface area contributed by atoms with Crippen molar-refractivity contribution >= 4 is 41.3 Å². The molecule has 25 heavy (non-hydrogen) atoms. The van der Waals surface area contributed by atoms with Gasteiger partial charge in [0.25, 0.3) is 0 Å². The summed E-state index contributed by atoms with van der Waals surface area (Å²) < 4.78 is 14.1. The summed E-state index contributed by atoms with van der Waals surface area (Å²) in [4.78, 5) is 10.1. The van der Waals surface area contributed by atoms with Crippen molar-refractivity contribution < 1.29 is 4.39 Å². The van der Waals surface area contributed by atoms with E-state index < -0.39 is 0 Å². The monoisotopic (exact) mass is 474 g/mol. The van der Waals surface area contributed by atoms with Gasteiger partial charge in [0.15, 0.2) is 5.96 Å². The summed E-state index contributed by atoms with van der Waals surface area (Å²) in [6.45, 7) is 6.14. The zero-order chi connectivity index (χ0) is 17.0. The minimum Gasteiger partial charge on any atom is -0.357 e. The van der Waals surface area contributed by atoms with Crippen molar-refractivity contribution in [2.45, 2.75) is 38.6 Å². The number of guanidine groups is 1. The van der Waals surface area contributed by atoms with Crippen LogP contribution >= 0.6 is 35.3 Å². The molecular weight excluding hydrogens is 450 g/mol. The maximum absolute atomic E-state index is 14.1. The first-order chi connectivity index (χ1) is 11.6. The van der Waals surface area contributed by atoms with Gasteiger partial charge < -0.3 is 10.6 Å². The largest absolute Gasteiger partial charge is 0.357 e. The molecule has 3 rings (SSSR count). The molecule has 7 heteroatoms. The van der Waals surface area contributed by atoms with Crippen molar-refractivity contribution in [3.63, 3.8) is 0 Å². The third-order valence-electron chi connectivity index (χ3n) is 4.46. The molecule has 0 atom stereocenters. The van der Waals surface area contributed by atoms with E-state index in [2.05, 4.69) is 20.6 Å². The number of aromatic nitrogens is 1. The minimum absolute atomic E-state index is 0. The summed E-state index contributed by atoms with van der Waals surface area (Å²) in [6.07, 6.45) is 2.02. The van der Waals surface area contributed by atoms with E-state index in [-0.39, 0.29) is 35.2 Å². The van der Waals surface area contributed by atoms with E-state index >= 15 is 0 Å². The standard InChI is InChI=1S/C18H23FN4S.HI/c1-3-20-17(21-10-16-13(2)23-12-24-16)22-11-18(8-9-18)14-6-4-5-7-15(14)19;/h4-7,12H,3,8-11H2,1-2H3,(H2,20,21,22);1H. The maximum atomic E-state index is 14.1. The lowest BCUT2D eigenvalue weighted by atomic mass is 9.95. The van der Waals surface area contributed by atoms with E-state index in [0.717, 1.165) is 36.6 Å². The first-order valence-corrected chi connectivity index (χ1v) is 9.19. The number of nitrogens with zero attached hydrogens (tertiary/aromatic N) is 2. The van der Waals surface area contributed by atoms with E-state index in [0.29, 0.717) is 13.1 Å². The van der Waals surface area contributed by atoms with Crippen LogP contribution in [0.5, 0.6) is 0 Å². The fourth-order valence-electron chi connectivity index (χ4n) is 2.81. The lowest BCUT2D eigenvalue weighted by Crippen LogP contribution is -2.41. The molecule has 0 amide bonds. The summed E-state index contributed by atoms with van der Waals surface area (Å²) in [7, 11) is 0. The molecule has 0 unspecified atom stereocenters. The number of benzene rings is 1. The van der Waals surface area contributed by atoms with Gasteiger partial charge >= 0.3 is 0 Å². The quantitative estimate of drug-likeness (QED) is 0.378. The highest BCUT2D eigenvalue weighted by atomic mass is 127. The average Bonchev–Trinajstić information content (AvgIpc) is 3.26. The van der Waals surface area contributed by atoms with Crippen LogP contribution in [0.25, 0.3) is 0 Å². The second-order valence-electron chi connectivity index (χ2n) is 6.17. The zero-order valence-electron chi connectivity index (χ0n) is 14.5. The smallest absolute Gasteiger partial charge is 0.191 e. The first-order valence-electron chi connectivity index (χ1n) is 8.31. The average molecular weight is 474 g/mol. The summed E-state index contributed by atoms with van der Waals surface area (Å²) in [5.74, 6) is 0.659. The van der Waals surface area contributed by atoms with Crippen LogP contribution in [0.2, 0.25) is 0 Å². The van der Waals surface area contributed by atoms with E-state index in [1.807, 2.05) is 31.5 Å². The molecule has 2 aromatic rings. The Balaban J connectivity index is 0.00000225. The summed E-state index contributed by atoms with van der Waals surface area (Å²) in [5, 5.41) is 6.65. The molecule has 1 heterocycles. The Morgan fingerprint density at radius 1 is 1.32 bits per heavy atom. The van der Waals surface area contributed by atoms with E-state index in [1.165, 1.54) is 4.88 Å². The summed E-state index contributed by atoms with van der Waals surface area (Å²) >= 11 is 1.62. The molecule has 0 spiro atoms. The SMILES string of the molecule is CCNC(=NCc1scnc1C)NCC1(c2ccccc2F)CC1.I. The molecule has 1 aliphatic carbocycles. The molecule has 0 bridgehead atoms. The fraction of sp³-hybridized carbons (Fsp3) is 0.444. The number of aryl methyl sites for hydroxylation is 1. The molecule has 0 radical (unpaired) electrons. The van der Waals surface area contributed by atoms with Crippen molar-refractivity contribution in [3.05, 3.63) is 51.7 Å². The van der Waals surface area contributed by atoms with Gasteiger partial charge in [0, 0.05) is 23.4 Å². The Morgan fingerprint density at radius 3 is 2.68 bits per heavy atom. The van der Waals surface area contributed by atoms with Crippen molar-refractivity contribution in [2.24, 2.45) is 4.99 Å². The molecule has 2 N–H and O–H groups in total. The van der Waals surface area contributed by atoms with Crippen LogP contribution in [0, 0.1) is 12.7 Å². The first kappa shape index (κ1) is 20.1. The van der Waals surface area contributed by atoms with E-state index in [4.69, 9.17) is 0 Å². The zero-order valence-corrected chi connectivity index (χ0v) is 17.7. The van der Waals surface area contributed by atoms with Crippen LogP contribution in [0.4, 0.5) is 4.39 Å². The Labute approximate surface area is 169 Å². The Morgan fingerprint density at radius 2 is 2.08 bits per heavy atom. The molecule has 1 saturated carbocycles. The van der Waals surface area contributed by atoms with E-state index in [9.17, 15) is 4.39 Å². The van der Waals surface area contributed by atoms with Gasteiger partial charge in [0.2, 0.25) is 0 Å². The van der Waals surface area contributed by atoms with Gasteiger partial charge in [0.1, 0.15) is 5.82 Å². The highest BCUT2D eigenvalue weighted by molar-refractivity contribution is 14.0. The number of nitrogens with one attached hydrogen (secondary N) is 2. The number of rotatable bonds is 6. The fourth-order valence-corrected chi connectivity index (χ4v) is 3.51. The van der Waals surface area contributed by atoms with Crippen LogP contribution in [-0.4, -0.2) is 24.0 Å². The number of halogens is 2. The number of aliphatic imine (C=N–C) groups is 1. The maximum Gasteiger partial charge on any atom is 0.191 e. The molecule has 0 aliphatic heterocycles. The van der Waals surface area contributed by atoms with Crippen LogP contribution in [0.1, 0.15) is 35.9 Å². The van der Waals surface area contributed by atoms with Crippen LogP contribution in [0.15, 0.2) is 34.8 Å². The molecule has 1 aromatic heterocycles.